The fraction of sp³-hybridized carbons (Fsp3) is 0.515. The van der Waals surface area contributed by atoms with Gasteiger partial charge in [0.1, 0.15) is 11.8 Å². The number of nitrogens with one attached hydrogen (secondary N) is 3. The Morgan fingerprint density at radius 1 is 1.07 bits per heavy atom. The first-order valence-corrected chi connectivity index (χ1v) is 15.4. The number of carbonyl (C=O) groups excluding carboxylic acids is 2. The van der Waals surface area contributed by atoms with E-state index in [9.17, 15) is 9.59 Å². The summed E-state index contributed by atoms with van der Waals surface area (Å²) in [5, 5.41) is 7.30. The highest BCUT2D eigenvalue weighted by Gasteiger charge is 2.33. The van der Waals surface area contributed by atoms with Crippen LogP contribution in [0.4, 0.5) is 10.5 Å². The number of amides is 3. The van der Waals surface area contributed by atoms with Crippen LogP contribution in [0.1, 0.15) is 56.6 Å². The zero-order valence-electron chi connectivity index (χ0n) is 25.5. The Balaban J connectivity index is 1.37. The van der Waals surface area contributed by atoms with Crippen LogP contribution in [0.15, 0.2) is 48.7 Å². The maximum absolute atomic E-state index is 14.1. The van der Waals surface area contributed by atoms with E-state index in [1.807, 2.05) is 75.4 Å². The molecule has 2 fully saturated rings. The second kappa shape index (κ2) is 13.6. The molecule has 2 aromatic carbocycles. The SMILES string of the molecule is CCOc1ccc(CN(C)C)cc1NC(=O)C(NC(=O)N1CCN(C2CCCC2)CC1)C(C)c1c[nH]c2ccccc12. The molecule has 42 heavy (non-hydrogen) atoms. The fourth-order valence-corrected chi connectivity index (χ4v) is 6.48. The van der Waals surface area contributed by atoms with Crippen LogP contribution >= 0.6 is 0 Å². The maximum Gasteiger partial charge on any atom is 0.318 e. The number of para-hydroxylation sites is 1. The monoisotopic (exact) mass is 574 g/mol. The quantitative estimate of drug-likeness (QED) is 0.317. The van der Waals surface area contributed by atoms with Crippen LogP contribution in [0.25, 0.3) is 10.9 Å². The summed E-state index contributed by atoms with van der Waals surface area (Å²) in [6, 6.07) is 13.6. The molecule has 1 saturated heterocycles. The minimum atomic E-state index is -0.795. The number of aromatic amines is 1. The van der Waals surface area contributed by atoms with Crippen molar-refractivity contribution in [2.45, 2.75) is 64.1 Å². The van der Waals surface area contributed by atoms with Crippen molar-refractivity contribution in [1.29, 1.82) is 0 Å². The molecule has 5 rings (SSSR count). The van der Waals surface area contributed by atoms with Crippen molar-refractivity contribution in [3.63, 3.8) is 0 Å². The van der Waals surface area contributed by atoms with Crippen LogP contribution in [-0.2, 0) is 11.3 Å². The smallest absolute Gasteiger partial charge is 0.318 e. The van der Waals surface area contributed by atoms with Gasteiger partial charge in [0.05, 0.1) is 12.3 Å². The lowest BCUT2D eigenvalue weighted by molar-refractivity contribution is -0.118. The average Bonchev–Trinajstić information content (AvgIpc) is 3.67. The summed E-state index contributed by atoms with van der Waals surface area (Å²) >= 11 is 0. The number of hydrogen-bond donors (Lipinski definition) is 3. The van der Waals surface area contributed by atoms with Crippen LogP contribution in [0.2, 0.25) is 0 Å². The molecular weight excluding hydrogens is 528 g/mol. The molecule has 0 spiro atoms. The van der Waals surface area contributed by atoms with E-state index in [1.165, 1.54) is 25.7 Å². The molecule has 3 amide bonds. The highest BCUT2D eigenvalue weighted by atomic mass is 16.5. The van der Waals surface area contributed by atoms with Gasteiger partial charge in [-0.25, -0.2) is 4.79 Å². The van der Waals surface area contributed by atoms with Crippen LogP contribution in [0, 0.1) is 0 Å². The Hall–Kier alpha value is -3.56. The van der Waals surface area contributed by atoms with E-state index in [-0.39, 0.29) is 17.9 Å². The Labute approximate surface area is 249 Å². The maximum atomic E-state index is 14.1. The number of carbonyl (C=O) groups is 2. The van der Waals surface area contributed by atoms with Crippen molar-refractivity contribution in [1.82, 2.24) is 25.0 Å². The number of fused-ring (bicyclic) bond motifs is 1. The largest absolute Gasteiger partial charge is 0.492 e. The molecule has 3 N–H and O–H groups in total. The molecule has 1 saturated carbocycles. The molecule has 1 aliphatic heterocycles. The number of benzene rings is 2. The van der Waals surface area contributed by atoms with Gasteiger partial charge in [-0.15, -0.1) is 0 Å². The summed E-state index contributed by atoms with van der Waals surface area (Å²) in [4.78, 5) is 37.5. The number of piperazine rings is 1. The highest BCUT2D eigenvalue weighted by molar-refractivity contribution is 5.99. The minimum absolute atomic E-state index is 0.195. The summed E-state index contributed by atoms with van der Waals surface area (Å²) in [6.45, 7) is 8.23. The lowest BCUT2D eigenvalue weighted by Gasteiger charge is -2.38. The third-order valence-corrected chi connectivity index (χ3v) is 8.72. The van der Waals surface area contributed by atoms with E-state index >= 15 is 0 Å². The molecule has 9 heteroatoms. The Kier molecular flexibility index (Phi) is 9.69. The minimum Gasteiger partial charge on any atom is -0.492 e. The van der Waals surface area contributed by atoms with E-state index in [0.717, 1.165) is 41.7 Å². The summed E-state index contributed by atoms with van der Waals surface area (Å²) in [5.74, 6) is 0.0558. The van der Waals surface area contributed by atoms with Crippen molar-refractivity contribution >= 4 is 28.5 Å². The fourth-order valence-electron chi connectivity index (χ4n) is 6.48. The number of nitrogens with zero attached hydrogens (tertiary/aromatic N) is 3. The van der Waals surface area contributed by atoms with Crippen LogP contribution in [0.5, 0.6) is 5.75 Å². The number of anilines is 1. The Morgan fingerprint density at radius 3 is 2.52 bits per heavy atom. The zero-order valence-corrected chi connectivity index (χ0v) is 25.5. The van der Waals surface area contributed by atoms with Crippen LogP contribution in [-0.4, -0.2) is 90.6 Å². The molecular formula is C33H46N6O3. The van der Waals surface area contributed by atoms with Gasteiger partial charge >= 0.3 is 6.03 Å². The van der Waals surface area contributed by atoms with Gasteiger partial charge in [0.15, 0.2) is 0 Å². The number of hydrogen-bond acceptors (Lipinski definition) is 5. The molecule has 0 bridgehead atoms. The molecule has 9 nitrogen and oxygen atoms in total. The van der Waals surface area contributed by atoms with Gasteiger partial charge in [-0.2, -0.15) is 0 Å². The first-order valence-electron chi connectivity index (χ1n) is 15.4. The van der Waals surface area contributed by atoms with E-state index in [2.05, 4.69) is 31.5 Å². The van der Waals surface area contributed by atoms with Gasteiger partial charge in [0.25, 0.3) is 0 Å². The van der Waals surface area contributed by atoms with Crippen molar-refractivity contribution in [2.24, 2.45) is 0 Å². The molecule has 1 aromatic heterocycles. The predicted molar refractivity (Wildman–Crippen MR) is 168 cm³/mol. The Morgan fingerprint density at radius 2 is 1.81 bits per heavy atom. The molecule has 2 unspecified atom stereocenters. The third kappa shape index (κ3) is 6.90. The van der Waals surface area contributed by atoms with Crippen LogP contribution in [0.3, 0.4) is 0 Å². The van der Waals surface area contributed by atoms with Gasteiger partial charge in [-0.05, 0) is 63.2 Å². The summed E-state index contributed by atoms with van der Waals surface area (Å²) < 4.78 is 5.86. The summed E-state index contributed by atoms with van der Waals surface area (Å²) in [5.41, 5.74) is 3.66. The molecule has 1 aliphatic carbocycles. The summed E-state index contributed by atoms with van der Waals surface area (Å²) in [7, 11) is 4.02. The normalized spacial score (nSPS) is 17.9. The first kappa shape index (κ1) is 29.9. The first-order chi connectivity index (χ1) is 20.3. The Bertz CT molecular complexity index is 1360. The lowest BCUT2D eigenvalue weighted by Crippen LogP contribution is -2.57. The number of urea groups is 1. The van der Waals surface area contributed by atoms with Gasteiger partial charge in [0, 0.05) is 61.8 Å². The van der Waals surface area contributed by atoms with E-state index in [1.54, 1.807) is 0 Å². The summed E-state index contributed by atoms with van der Waals surface area (Å²) in [6.07, 6.45) is 7.07. The van der Waals surface area contributed by atoms with Crippen LogP contribution < -0.4 is 15.4 Å². The van der Waals surface area contributed by atoms with E-state index in [0.29, 0.717) is 37.2 Å². The second-order valence-electron chi connectivity index (χ2n) is 12.0. The predicted octanol–water partition coefficient (Wildman–Crippen LogP) is 5.01. The van der Waals surface area contributed by atoms with Crippen molar-refractivity contribution in [2.75, 3.05) is 52.2 Å². The zero-order chi connectivity index (χ0) is 29.6. The van der Waals surface area contributed by atoms with Crippen molar-refractivity contribution in [3.8, 4) is 5.75 Å². The highest BCUT2D eigenvalue weighted by Crippen LogP contribution is 2.31. The number of aromatic nitrogens is 1. The number of rotatable bonds is 10. The molecule has 2 heterocycles. The van der Waals surface area contributed by atoms with E-state index < -0.39 is 6.04 Å². The second-order valence-corrected chi connectivity index (χ2v) is 12.0. The molecule has 3 aromatic rings. The molecule has 2 atom stereocenters. The number of ether oxygens (including phenoxy) is 1. The van der Waals surface area contributed by atoms with Gasteiger partial charge in [-0.1, -0.05) is 44.0 Å². The lowest BCUT2D eigenvalue weighted by atomic mass is 9.92. The van der Waals surface area contributed by atoms with Gasteiger partial charge in [0.2, 0.25) is 5.91 Å². The topological polar surface area (TPSA) is 92.9 Å². The standard InChI is InChI=1S/C33H46N6O3/c1-5-42-30-15-14-24(22-37(3)4)20-29(30)35-32(40)31(23(2)27-21-34-28-13-9-8-12-26(27)28)36-33(41)39-18-16-38(17-19-39)25-10-6-7-11-25/h8-9,12-15,20-21,23,25,31,34H,5-7,10-11,16-19,22H2,1-4H3,(H,35,40)(H,36,41). The number of H-pyrrole nitrogens is 1. The molecule has 2 aliphatic rings. The van der Waals surface area contributed by atoms with Gasteiger partial charge in [-0.3, -0.25) is 9.69 Å². The molecule has 226 valence electrons. The third-order valence-electron chi connectivity index (χ3n) is 8.72. The van der Waals surface area contributed by atoms with E-state index in [4.69, 9.17) is 4.74 Å². The molecule has 0 radical (unpaired) electrons. The van der Waals surface area contributed by atoms with Crippen molar-refractivity contribution in [3.05, 3.63) is 59.8 Å². The average molecular weight is 575 g/mol. The van der Waals surface area contributed by atoms with Crippen molar-refractivity contribution < 1.29 is 14.3 Å². The van der Waals surface area contributed by atoms with Gasteiger partial charge < -0.3 is 30.2 Å².